The number of hydrogen-bond acceptors (Lipinski definition) is 1. The zero-order valence-electron chi connectivity index (χ0n) is 12.6. The van der Waals surface area contributed by atoms with Gasteiger partial charge >= 0.3 is 0 Å². The molecule has 0 aliphatic rings. The first kappa shape index (κ1) is 17.2. The molecule has 0 atom stereocenters. The van der Waals surface area contributed by atoms with Crippen LogP contribution in [-0.2, 0) is 0 Å². The van der Waals surface area contributed by atoms with Crippen LogP contribution in [-0.4, -0.2) is 6.16 Å². The highest BCUT2D eigenvalue weighted by atomic mass is 35.5. The van der Waals surface area contributed by atoms with Crippen LogP contribution >= 0.6 is 7.26 Å². The van der Waals surface area contributed by atoms with Crippen LogP contribution in [0.5, 0.6) is 0 Å². The molecule has 0 radical (unpaired) electrons. The summed E-state index contributed by atoms with van der Waals surface area (Å²) in [5.74, 6) is 0. The minimum Gasteiger partial charge on any atom is -1.00 e. The van der Waals surface area contributed by atoms with Crippen LogP contribution in [0.2, 0.25) is 0 Å². The highest BCUT2D eigenvalue weighted by Gasteiger charge is 2.45. The minimum absolute atomic E-state index is 0. The van der Waals surface area contributed by atoms with E-state index < -0.39 is 7.26 Å². The van der Waals surface area contributed by atoms with Gasteiger partial charge in [0.15, 0.2) is 6.16 Å². The molecule has 0 heterocycles. The molecule has 0 aromatic heterocycles. The minimum atomic E-state index is -1.91. The first-order valence-corrected chi connectivity index (χ1v) is 9.27. The lowest BCUT2D eigenvalue weighted by molar-refractivity contribution is -0.00000450. The second kappa shape index (κ2) is 7.93. The molecule has 23 heavy (non-hydrogen) atoms. The Morgan fingerprint density at radius 2 is 0.913 bits per heavy atom. The normalized spacial score (nSPS) is 10.4. The van der Waals surface area contributed by atoms with E-state index >= 15 is 0 Å². The van der Waals surface area contributed by atoms with Crippen molar-refractivity contribution >= 4 is 23.2 Å². The van der Waals surface area contributed by atoms with Gasteiger partial charge in [0, 0.05) is 0 Å². The van der Waals surface area contributed by atoms with Gasteiger partial charge in [-0.2, -0.15) is 5.26 Å². The van der Waals surface area contributed by atoms with Gasteiger partial charge in [0.25, 0.3) is 0 Å². The van der Waals surface area contributed by atoms with Gasteiger partial charge in [-0.3, -0.25) is 0 Å². The van der Waals surface area contributed by atoms with E-state index in [0.717, 1.165) is 0 Å². The summed E-state index contributed by atoms with van der Waals surface area (Å²) in [6, 6.07) is 33.9. The van der Waals surface area contributed by atoms with E-state index in [2.05, 4.69) is 78.9 Å². The molecule has 0 aliphatic carbocycles. The molecule has 3 rings (SSSR count). The van der Waals surface area contributed by atoms with Crippen molar-refractivity contribution in [3.63, 3.8) is 0 Å². The van der Waals surface area contributed by atoms with Crippen LogP contribution in [0.3, 0.4) is 0 Å². The maximum absolute atomic E-state index is 9.56. The summed E-state index contributed by atoms with van der Waals surface area (Å²) < 4.78 is 0. The fourth-order valence-corrected chi connectivity index (χ4v) is 6.57. The Morgan fingerprint density at radius 1 is 0.609 bits per heavy atom. The molecule has 3 aromatic rings. The van der Waals surface area contributed by atoms with E-state index in [1.807, 2.05) is 18.2 Å². The van der Waals surface area contributed by atoms with Crippen molar-refractivity contribution in [3.05, 3.63) is 91.0 Å². The van der Waals surface area contributed by atoms with Gasteiger partial charge < -0.3 is 12.4 Å². The van der Waals surface area contributed by atoms with Gasteiger partial charge in [-0.1, -0.05) is 54.6 Å². The van der Waals surface area contributed by atoms with Crippen molar-refractivity contribution in [2.75, 3.05) is 6.16 Å². The fourth-order valence-electron chi connectivity index (χ4n) is 2.87. The van der Waals surface area contributed by atoms with Gasteiger partial charge in [-0.15, -0.1) is 0 Å². The smallest absolute Gasteiger partial charge is 0.159 e. The van der Waals surface area contributed by atoms with Crippen LogP contribution in [0, 0.1) is 11.3 Å². The highest BCUT2D eigenvalue weighted by Crippen LogP contribution is 2.54. The summed E-state index contributed by atoms with van der Waals surface area (Å²) in [5.41, 5.74) is 0. The Labute approximate surface area is 144 Å². The zero-order valence-corrected chi connectivity index (χ0v) is 14.3. The van der Waals surface area contributed by atoms with Gasteiger partial charge in [0.2, 0.25) is 0 Å². The third kappa shape index (κ3) is 3.30. The van der Waals surface area contributed by atoms with E-state index in [1.54, 1.807) is 0 Å². The maximum atomic E-state index is 9.56. The topological polar surface area (TPSA) is 23.8 Å². The monoisotopic (exact) mass is 337 g/mol. The molecule has 0 bridgehead atoms. The van der Waals surface area contributed by atoms with Gasteiger partial charge in [-0.25, -0.2) is 0 Å². The number of nitriles is 1. The summed E-state index contributed by atoms with van der Waals surface area (Å²) in [6.07, 6.45) is 0.519. The van der Waals surface area contributed by atoms with Gasteiger partial charge in [0.1, 0.15) is 29.2 Å². The molecule has 0 fully saturated rings. The van der Waals surface area contributed by atoms with E-state index in [-0.39, 0.29) is 12.4 Å². The lowest BCUT2D eigenvalue weighted by Gasteiger charge is -2.25. The predicted octanol–water partition coefficient (Wildman–Crippen LogP) is 0.508. The third-order valence-corrected chi connectivity index (χ3v) is 8.05. The van der Waals surface area contributed by atoms with Crippen LogP contribution in [0.15, 0.2) is 91.0 Å². The van der Waals surface area contributed by atoms with Crippen LogP contribution < -0.4 is 28.3 Å². The SMILES string of the molecule is N#CC[P+](c1ccccc1)(c1ccccc1)c1ccccc1.[Cl-]. The third-order valence-electron chi connectivity index (χ3n) is 3.90. The molecule has 3 heteroatoms. The second-order valence-corrected chi connectivity index (χ2v) is 8.62. The molecule has 0 N–H and O–H groups in total. The summed E-state index contributed by atoms with van der Waals surface area (Å²) in [6.45, 7) is 0. The molecule has 1 nitrogen and oxygen atoms in total. The van der Waals surface area contributed by atoms with Gasteiger partial charge in [-0.05, 0) is 36.4 Å². The molecule has 3 aromatic carbocycles. The molecular formula is C20H17ClNP. The van der Waals surface area contributed by atoms with Crippen molar-refractivity contribution in [2.45, 2.75) is 0 Å². The quantitative estimate of drug-likeness (QED) is 0.636. The fraction of sp³-hybridized carbons (Fsp3) is 0.0500. The average molecular weight is 338 g/mol. The molecular weight excluding hydrogens is 321 g/mol. The molecule has 114 valence electrons. The highest BCUT2D eigenvalue weighted by molar-refractivity contribution is 7.95. The Bertz CT molecular complexity index is 670. The zero-order chi connectivity index (χ0) is 15.3. The Hall–Kier alpha value is -2.13. The molecule has 0 unspecified atom stereocenters. The lowest BCUT2D eigenvalue weighted by atomic mass is 10.4. The van der Waals surface area contributed by atoms with Crippen molar-refractivity contribution in [1.82, 2.24) is 0 Å². The van der Waals surface area contributed by atoms with Gasteiger partial charge in [0.05, 0.1) is 0 Å². The molecule has 0 saturated heterocycles. The molecule has 0 aliphatic heterocycles. The summed E-state index contributed by atoms with van der Waals surface area (Å²) in [7, 11) is -1.91. The molecule has 0 saturated carbocycles. The van der Waals surface area contributed by atoms with E-state index in [9.17, 15) is 5.26 Å². The average Bonchev–Trinajstić information content (AvgIpc) is 2.62. The maximum Gasteiger partial charge on any atom is 0.159 e. The first-order valence-electron chi connectivity index (χ1n) is 7.30. The number of benzene rings is 3. The van der Waals surface area contributed by atoms with Crippen LogP contribution in [0.1, 0.15) is 0 Å². The van der Waals surface area contributed by atoms with E-state index in [1.165, 1.54) is 15.9 Å². The Kier molecular flexibility index (Phi) is 5.94. The van der Waals surface area contributed by atoms with Crippen LogP contribution in [0.25, 0.3) is 0 Å². The molecule has 0 amide bonds. The number of nitrogens with zero attached hydrogens (tertiary/aromatic N) is 1. The van der Waals surface area contributed by atoms with E-state index in [4.69, 9.17) is 0 Å². The van der Waals surface area contributed by atoms with E-state index in [0.29, 0.717) is 6.16 Å². The lowest BCUT2D eigenvalue weighted by Crippen LogP contribution is -3.00. The summed E-state index contributed by atoms with van der Waals surface area (Å²) in [4.78, 5) is 0. The second-order valence-electron chi connectivity index (χ2n) is 5.13. The number of halogens is 1. The summed E-state index contributed by atoms with van der Waals surface area (Å²) >= 11 is 0. The summed E-state index contributed by atoms with van der Waals surface area (Å²) in [5, 5.41) is 13.3. The Morgan fingerprint density at radius 3 is 1.17 bits per heavy atom. The molecule has 0 spiro atoms. The van der Waals surface area contributed by atoms with Crippen LogP contribution in [0.4, 0.5) is 0 Å². The largest absolute Gasteiger partial charge is 1.00 e. The predicted molar refractivity (Wildman–Crippen MR) is 95.6 cm³/mol. The van der Waals surface area contributed by atoms with Crippen molar-refractivity contribution in [3.8, 4) is 6.07 Å². The van der Waals surface area contributed by atoms with Crippen molar-refractivity contribution in [1.29, 1.82) is 5.26 Å². The van der Waals surface area contributed by atoms with Crippen molar-refractivity contribution < 1.29 is 12.4 Å². The number of rotatable bonds is 4. The first-order chi connectivity index (χ1) is 10.9. The van der Waals surface area contributed by atoms with Crippen molar-refractivity contribution in [2.24, 2.45) is 0 Å². The number of hydrogen-bond donors (Lipinski definition) is 0. The standard InChI is InChI=1S/C20H17NP.ClH/c21-16-17-22(18-10-4-1-5-11-18,19-12-6-2-7-13-19)20-14-8-3-9-15-20;/h1-15H,17H2;1H/q+1;/p-1. The Balaban J connectivity index is 0.00000192.